The van der Waals surface area contributed by atoms with Gasteiger partial charge in [-0.15, -0.1) is 11.3 Å². The topological polar surface area (TPSA) is 3.24 Å². The summed E-state index contributed by atoms with van der Waals surface area (Å²) in [5.74, 6) is 0. The Labute approximate surface area is 332 Å². The van der Waals surface area contributed by atoms with Crippen molar-refractivity contribution >= 4 is 48.6 Å². The van der Waals surface area contributed by atoms with Crippen molar-refractivity contribution < 1.29 is 0 Å². The Bertz CT molecular complexity index is 2850. The van der Waals surface area contributed by atoms with E-state index >= 15 is 0 Å². The van der Waals surface area contributed by atoms with E-state index in [1.807, 2.05) is 11.3 Å². The van der Waals surface area contributed by atoms with Crippen LogP contribution < -0.4 is 4.90 Å². The second kappa shape index (κ2) is 14.7. The maximum atomic E-state index is 2.42. The fourth-order valence-electron chi connectivity index (χ4n) is 8.08. The van der Waals surface area contributed by atoms with Crippen molar-refractivity contribution in [1.82, 2.24) is 0 Å². The highest BCUT2D eigenvalue weighted by molar-refractivity contribution is 7.26. The maximum Gasteiger partial charge on any atom is 0.0540 e. The van der Waals surface area contributed by atoms with Gasteiger partial charge in [0.25, 0.3) is 0 Å². The molecule has 0 saturated carbocycles. The number of fused-ring (bicyclic) bond motifs is 3. The van der Waals surface area contributed by atoms with Gasteiger partial charge in [-0.3, -0.25) is 0 Å². The van der Waals surface area contributed by atoms with Crippen molar-refractivity contribution in [1.29, 1.82) is 0 Å². The molecule has 0 N–H and O–H groups in total. The highest BCUT2D eigenvalue weighted by Gasteiger charge is 2.23. The first-order valence-electron chi connectivity index (χ1n) is 19.1. The van der Waals surface area contributed by atoms with Crippen LogP contribution in [-0.4, -0.2) is 0 Å². The molecular weight excluding hydrogens is 695 g/mol. The predicted molar refractivity (Wildman–Crippen MR) is 241 cm³/mol. The molecule has 0 aliphatic carbocycles. The lowest BCUT2D eigenvalue weighted by Gasteiger charge is -2.29. The largest absolute Gasteiger partial charge is 0.310 e. The van der Waals surface area contributed by atoms with E-state index in [4.69, 9.17) is 0 Å². The van der Waals surface area contributed by atoms with Gasteiger partial charge >= 0.3 is 0 Å². The Morgan fingerprint density at radius 2 is 0.750 bits per heavy atom. The Balaban J connectivity index is 1.22. The highest BCUT2D eigenvalue weighted by Crippen LogP contribution is 2.50. The van der Waals surface area contributed by atoms with Crippen LogP contribution >= 0.6 is 11.3 Å². The van der Waals surface area contributed by atoms with Gasteiger partial charge in [-0.2, -0.15) is 0 Å². The van der Waals surface area contributed by atoms with E-state index in [1.54, 1.807) is 0 Å². The molecule has 0 radical (unpaired) electrons. The van der Waals surface area contributed by atoms with E-state index in [9.17, 15) is 0 Å². The quantitative estimate of drug-likeness (QED) is 0.150. The Kier molecular flexibility index (Phi) is 8.79. The molecule has 10 aromatic rings. The Morgan fingerprint density at radius 1 is 0.286 bits per heavy atom. The molecule has 1 nitrogen and oxygen atoms in total. The molecule has 0 aliphatic rings. The summed E-state index contributed by atoms with van der Waals surface area (Å²) in [5, 5.41) is 2.59. The Hall–Kier alpha value is -7.00. The standard InChI is InChI=1S/C54H37NS/c1-4-16-38(17-5-1)40-28-32-43(33-29-40)55(44-34-30-41(31-35-44)39-18-6-2-7-19-39)50-26-14-12-23-46(50)48-36-37-52-54(49-25-13-15-27-51(49)56-52)53(48)47-24-11-10-22-45(47)42-20-8-3-9-21-42/h1-37H. The lowest BCUT2D eigenvalue weighted by molar-refractivity contribution is 1.28. The molecule has 0 unspecified atom stereocenters. The van der Waals surface area contributed by atoms with E-state index in [0.29, 0.717) is 0 Å². The third-order valence-corrected chi connectivity index (χ3v) is 11.9. The number of para-hydroxylation sites is 1. The van der Waals surface area contributed by atoms with Crippen LogP contribution in [0.5, 0.6) is 0 Å². The molecule has 0 saturated heterocycles. The summed E-state index contributed by atoms with van der Waals surface area (Å²) in [6.45, 7) is 0. The van der Waals surface area contributed by atoms with E-state index in [-0.39, 0.29) is 0 Å². The second-order valence-corrected chi connectivity index (χ2v) is 15.1. The molecule has 0 atom stereocenters. The average molecular weight is 732 g/mol. The average Bonchev–Trinajstić information content (AvgIpc) is 3.67. The van der Waals surface area contributed by atoms with Crippen molar-refractivity contribution in [2.24, 2.45) is 0 Å². The molecular formula is C54H37NS. The van der Waals surface area contributed by atoms with Crippen molar-refractivity contribution in [3.63, 3.8) is 0 Å². The number of hydrogen-bond donors (Lipinski definition) is 0. The van der Waals surface area contributed by atoms with Crippen molar-refractivity contribution in [3.8, 4) is 55.6 Å². The van der Waals surface area contributed by atoms with Gasteiger partial charge in [0.1, 0.15) is 0 Å². The monoisotopic (exact) mass is 731 g/mol. The number of thiophene rings is 1. The maximum absolute atomic E-state index is 2.42. The van der Waals surface area contributed by atoms with Crippen LogP contribution in [0.2, 0.25) is 0 Å². The Morgan fingerprint density at radius 3 is 1.36 bits per heavy atom. The molecule has 1 heterocycles. The van der Waals surface area contributed by atoms with E-state index < -0.39 is 0 Å². The van der Waals surface area contributed by atoms with Gasteiger partial charge < -0.3 is 4.90 Å². The van der Waals surface area contributed by atoms with Gasteiger partial charge in [-0.25, -0.2) is 0 Å². The lowest BCUT2D eigenvalue weighted by Crippen LogP contribution is -2.11. The minimum atomic E-state index is 1.10. The number of rotatable bonds is 8. The van der Waals surface area contributed by atoms with Crippen molar-refractivity contribution in [2.75, 3.05) is 4.90 Å². The zero-order chi connectivity index (χ0) is 37.3. The number of hydrogen-bond acceptors (Lipinski definition) is 2. The smallest absolute Gasteiger partial charge is 0.0540 e. The molecule has 10 rings (SSSR count). The molecule has 2 heteroatoms. The van der Waals surface area contributed by atoms with Crippen LogP contribution in [0.4, 0.5) is 17.1 Å². The van der Waals surface area contributed by atoms with Crippen molar-refractivity contribution in [3.05, 3.63) is 224 Å². The van der Waals surface area contributed by atoms with Crippen molar-refractivity contribution in [2.45, 2.75) is 0 Å². The first-order valence-corrected chi connectivity index (χ1v) is 19.9. The minimum absolute atomic E-state index is 1.10. The van der Waals surface area contributed by atoms with Crippen LogP contribution in [0.1, 0.15) is 0 Å². The van der Waals surface area contributed by atoms with Gasteiger partial charge in [0.2, 0.25) is 0 Å². The van der Waals surface area contributed by atoms with Crippen LogP contribution in [0.15, 0.2) is 224 Å². The minimum Gasteiger partial charge on any atom is -0.310 e. The molecule has 0 spiro atoms. The van der Waals surface area contributed by atoms with Crippen LogP contribution in [0, 0.1) is 0 Å². The fraction of sp³-hybridized carbons (Fsp3) is 0. The summed E-state index contributed by atoms with van der Waals surface area (Å²) in [7, 11) is 0. The summed E-state index contributed by atoms with van der Waals surface area (Å²) in [6, 6.07) is 81.3. The van der Waals surface area contributed by atoms with E-state index in [2.05, 4.69) is 229 Å². The predicted octanol–water partition coefficient (Wildman–Crippen LogP) is 15.9. The second-order valence-electron chi connectivity index (χ2n) is 14.0. The van der Waals surface area contributed by atoms with Gasteiger partial charge in [0, 0.05) is 37.1 Å². The molecule has 1 aromatic heterocycles. The summed E-state index contributed by atoms with van der Waals surface area (Å²) in [4.78, 5) is 2.42. The molecule has 9 aromatic carbocycles. The summed E-state index contributed by atoms with van der Waals surface area (Å²) >= 11 is 1.87. The summed E-state index contributed by atoms with van der Waals surface area (Å²) < 4.78 is 2.58. The first kappa shape index (κ1) is 33.6. The number of anilines is 3. The SMILES string of the molecule is c1ccc(-c2ccc(N(c3ccc(-c4ccccc4)cc3)c3ccccc3-c3ccc4sc5ccccc5c4c3-c3ccccc3-c3ccccc3)cc2)cc1. The summed E-state index contributed by atoms with van der Waals surface area (Å²) in [6.07, 6.45) is 0. The first-order chi connectivity index (χ1) is 27.8. The zero-order valence-corrected chi connectivity index (χ0v) is 31.5. The van der Waals surface area contributed by atoms with E-state index in [1.165, 1.54) is 75.8 Å². The fourth-order valence-corrected chi connectivity index (χ4v) is 9.20. The van der Waals surface area contributed by atoms with Crippen LogP contribution in [0.25, 0.3) is 75.8 Å². The molecule has 0 amide bonds. The number of benzene rings is 9. The molecule has 0 fully saturated rings. The van der Waals surface area contributed by atoms with E-state index in [0.717, 1.165) is 17.1 Å². The molecule has 0 bridgehead atoms. The molecule has 0 aliphatic heterocycles. The van der Waals surface area contributed by atoms with Gasteiger partial charge in [-0.05, 0) is 92.5 Å². The molecule has 56 heavy (non-hydrogen) atoms. The number of nitrogens with zero attached hydrogens (tertiary/aromatic N) is 1. The van der Waals surface area contributed by atoms with Gasteiger partial charge in [0.15, 0.2) is 0 Å². The summed E-state index contributed by atoms with van der Waals surface area (Å²) in [5.41, 5.74) is 15.4. The lowest BCUT2D eigenvalue weighted by atomic mass is 9.86. The van der Waals surface area contributed by atoms with Crippen LogP contribution in [-0.2, 0) is 0 Å². The third kappa shape index (κ3) is 6.17. The third-order valence-electron chi connectivity index (χ3n) is 10.7. The molecule has 264 valence electrons. The van der Waals surface area contributed by atoms with Gasteiger partial charge in [-0.1, -0.05) is 182 Å². The highest BCUT2D eigenvalue weighted by atomic mass is 32.1. The zero-order valence-electron chi connectivity index (χ0n) is 30.7. The van der Waals surface area contributed by atoms with Crippen LogP contribution in [0.3, 0.4) is 0 Å². The normalized spacial score (nSPS) is 11.2. The van der Waals surface area contributed by atoms with Gasteiger partial charge in [0.05, 0.1) is 5.69 Å².